The van der Waals surface area contributed by atoms with Crippen LogP contribution >= 0.6 is 0 Å². The summed E-state index contributed by atoms with van der Waals surface area (Å²) in [5.74, 6) is 0.996. The number of anilines is 1. The minimum Gasteiger partial charge on any atom is -0.429 e. The van der Waals surface area contributed by atoms with E-state index in [1.54, 1.807) is 0 Å². The van der Waals surface area contributed by atoms with Crippen molar-refractivity contribution < 1.29 is 14.3 Å². The molecule has 1 aliphatic rings. The fraction of sp³-hybridized carbons (Fsp3) is 0.524. The number of aromatic nitrogens is 2. The number of benzene rings is 1. The number of nitrogens with zero attached hydrogens (tertiary/aromatic N) is 2. The second-order valence-corrected chi connectivity index (χ2v) is 7.96. The molecule has 0 bridgehead atoms. The van der Waals surface area contributed by atoms with Crippen LogP contribution in [-0.4, -0.2) is 21.3 Å². The molecule has 1 aromatic carbocycles. The van der Waals surface area contributed by atoms with Crippen LogP contribution in [0.15, 0.2) is 35.5 Å². The van der Waals surface area contributed by atoms with Crippen LogP contribution in [0.5, 0.6) is 0 Å². The van der Waals surface area contributed by atoms with E-state index >= 15 is 0 Å². The number of fused-ring (bicyclic) bond motifs is 3. The summed E-state index contributed by atoms with van der Waals surface area (Å²) in [4.78, 5) is 17.2. The van der Waals surface area contributed by atoms with Gasteiger partial charge in [0.25, 0.3) is 0 Å². The van der Waals surface area contributed by atoms with E-state index in [9.17, 15) is 4.79 Å². The van der Waals surface area contributed by atoms with Crippen LogP contribution in [0.1, 0.15) is 60.6 Å². The van der Waals surface area contributed by atoms with Crippen molar-refractivity contribution in [1.29, 1.82) is 0 Å². The van der Waals surface area contributed by atoms with Gasteiger partial charge in [0.2, 0.25) is 12.2 Å². The molecule has 3 rings (SSSR count). The van der Waals surface area contributed by atoms with Gasteiger partial charge in [-0.2, -0.15) is 0 Å². The summed E-state index contributed by atoms with van der Waals surface area (Å²) in [6.45, 7) is 11.9. The fourth-order valence-electron chi connectivity index (χ4n) is 3.36. The molecule has 1 aliphatic heterocycles. The quantitative estimate of drug-likeness (QED) is 0.706. The van der Waals surface area contributed by atoms with Gasteiger partial charge >= 0.3 is 6.16 Å². The van der Waals surface area contributed by atoms with Crippen molar-refractivity contribution in [3.63, 3.8) is 0 Å². The predicted octanol–water partition coefficient (Wildman–Crippen LogP) is 5.62. The molecule has 2 heterocycles. The Labute approximate surface area is 160 Å². The molecule has 0 aliphatic carbocycles. The van der Waals surface area contributed by atoms with E-state index in [4.69, 9.17) is 14.5 Å². The molecule has 1 N–H and O–H groups in total. The lowest BCUT2D eigenvalue weighted by atomic mass is 9.96. The minimum absolute atomic E-state index is 0.304. The molecule has 27 heavy (non-hydrogen) atoms. The van der Waals surface area contributed by atoms with Crippen LogP contribution in [-0.2, 0) is 9.47 Å². The largest absolute Gasteiger partial charge is 0.511 e. The summed E-state index contributed by atoms with van der Waals surface area (Å²) in [7, 11) is 0. The summed E-state index contributed by atoms with van der Waals surface area (Å²) in [6.07, 6.45) is 0.488. The normalized spacial score (nSPS) is 18.1. The van der Waals surface area contributed by atoms with Gasteiger partial charge in [-0.1, -0.05) is 32.9 Å². The third-order valence-electron chi connectivity index (χ3n) is 4.80. The van der Waals surface area contributed by atoms with Crippen molar-refractivity contribution in [3.05, 3.63) is 35.5 Å². The molecule has 0 spiro atoms. The number of imidazole rings is 1. The molecule has 6 heteroatoms. The topological polar surface area (TPSA) is 65.4 Å². The lowest BCUT2D eigenvalue weighted by Crippen LogP contribution is -2.32. The Kier molecular flexibility index (Phi) is 5.18. The Morgan fingerprint density at radius 2 is 2.00 bits per heavy atom. The van der Waals surface area contributed by atoms with E-state index in [0.29, 0.717) is 11.9 Å². The molecule has 2 atom stereocenters. The van der Waals surface area contributed by atoms with E-state index in [1.165, 1.54) is 0 Å². The van der Waals surface area contributed by atoms with Crippen molar-refractivity contribution >= 4 is 23.1 Å². The Hall–Kier alpha value is -2.50. The SMILES string of the molecule is CCC1=C(C(C)CC)Nc2nc3ccccc3n2C1OC(=O)OC(C)(C)C. The highest BCUT2D eigenvalue weighted by Crippen LogP contribution is 2.40. The summed E-state index contributed by atoms with van der Waals surface area (Å²) in [5.41, 5.74) is 3.29. The van der Waals surface area contributed by atoms with Gasteiger partial charge in [0.05, 0.1) is 11.0 Å². The first-order chi connectivity index (χ1) is 12.7. The van der Waals surface area contributed by atoms with Crippen molar-refractivity contribution in [1.82, 2.24) is 9.55 Å². The lowest BCUT2D eigenvalue weighted by Gasteiger charge is -2.33. The molecule has 2 aromatic rings. The number of carbonyl (C=O) groups is 1. The number of rotatable bonds is 4. The number of carbonyl (C=O) groups excluding carboxylic acids is 1. The minimum atomic E-state index is -0.674. The average molecular weight is 371 g/mol. The van der Waals surface area contributed by atoms with Crippen LogP contribution in [0.2, 0.25) is 0 Å². The second-order valence-electron chi connectivity index (χ2n) is 7.96. The first-order valence-corrected chi connectivity index (χ1v) is 9.61. The van der Waals surface area contributed by atoms with Crippen LogP contribution < -0.4 is 5.32 Å². The number of allylic oxidation sites excluding steroid dienone is 1. The zero-order valence-corrected chi connectivity index (χ0v) is 17.0. The maximum absolute atomic E-state index is 12.5. The van der Waals surface area contributed by atoms with Crippen molar-refractivity contribution in [2.24, 2.45) is 5.92 Å². The molecule has 2 unspecified atom stereocenters. The Morgan fingerprint density at radius 1 is 1.30 bits per heavy atom. The molecule has 0 fully saturated rings. The maximum Gasteiger partial charge on any atom is 0.511 e. The molecule has 0 saturated heterocycles. The van der Waals surface area contributed by atoms with Crippen LogP contribution in [0.3, 0.4) is 0 Å². The predicted molar refractivity (Wildman–Crippen MR) is 106 cm³/mol. The standard InChI is InChI=1S/C21H29N3O3/c1-7-13(3)17-14(8-2)18(26-20(25)27-21(4,5)6)24-16-12-10-9-11-15(16)22-19(24)23-17/h9-13,18H,7-8H2,1-6H3,(H,22,23). The van der Waals surface area contributed by atoms with E-state index in [1.807, 2.05) is 49.6 Å². The summed E-state index contributed by atoms with van der Waals surface area (Å²) in [6, 6.07) is 7.86. The van der Waals surface area contributed by atoms with E-state index in [-0.39, 0.29) is 0 Å². The van der Waals surface area contributed by atoms with Gasteiger partial charge in [0, 0.05) is 11.3 Å². The van der Waals surface area contributed by atoms with Gasteiger partial charge in [-0.3, -0.25) is 4.57 Å². The van der Waals surface area contributed by atoms with E-state index in [2.05, 4.69) is 26.1 Å². The molecule has 146 valence electrons. The highest BCUT2D eigenvalue weighted by molar-refractivity contribution is 5.80. The van der Waals surface area contributed by atoms with Gasteiger partial charge in [-0.25, -0.2) is 9.78 Å². The zero-order valence-electron chi connectivity index (χ0n) is 17.0. The second kappa shape index (κ2) is 7.25. The van der Waals surface area contributed by atoms with E-state index in [0.717, 1.165) is 35.1 Å². The Balaban J connectivity index is 2.10. The number of nitrogens with one attached hydrogen (secondary N) is 1. The molecule has 6 nitrogen and oxygen atoms in total. The van der Waals surface area contributed by atoms with Crippen LogP contribution in [0.25, 0.3) is 11.0 Å². The first kappa shape index (κ1) is 19.3. The molecule has 0 radical (unpaired) electrons. The summed E-state index contributed by atoms with van der Waals surface area (Å²) in [5, 5.41) is 3.49. The molecule has 1 aromatic heterocycles. The average Bonchev–Trinajstić information content (AvgIpc) is 2.97. The van der Waals surface area contributed by atoms with Gasteiger partial charge in [0.15, 0.2) is 0 Å². The van der Waals surface area contributed by atoms with Gasteiger partial charge < -0.3 is 14.8 Å². The van der Waals surface area contributed by atoms with Gasteiger partial charge in [0.1, 0.15) is 5.60 Å². The molecule has 0 amide bonds. The third-order valence-corrected chi connectivity index (χ3v) is 4.80. The Morgan fingerprint density at radius 3 is 2.63 bits per heavy atom. The smallest absolute Gasteiger partial charge is 0.429 e. The number of hydrogen-bond donors (Lipinski definition) is 1. The fourth-order valence-corrected chi connectivity index (χ4v) is 3.36. The number of para-hydroxylation sites is 2. The number of ether oxygens (including phenoxy) is 2. The van der Waals surface area contributed by atoms with Crippen molar-refractivity contribution in [3.8, 4) is 0 Å². The molecule has 0 saturated carbocycles. The van der Waals surface area contributed by atoms with Gasteiger partial charge in [-0.15, -0.1) is 0 Å². The highest BCUT2D eigenvalue weighted by Gasteiger charge is 2.34. The highest BCUT2D eigenvalue weighted by atomic mass is 16.7. The number of hydrogen-bond acceptors (Lipinski definition) is 5. The zero-order chi connectivity index (χ0) is 19.8. The molecular weight excluding hydrogens is 342 g/mol. The first-order valence-electron chi connectivity index (χ1n) is 9.61. The van der Waals surface area contributed by atoms with E-state index < -0.39 is 18.0 Å². The van der Waals surface area contributed by atoms with Crippen molar-refractivity contribution in [2.75, 3.05) is 5.32 Å². The van der Waals surface area contributed by atoms with Gasteiger partial charge in [-0.05, 0) is 51.7 Å². The molecular formula is C21H29N3O3. The van der Waals surface area contributed by atoms with Crippen molar-refractivity contribution in [2.45, 2.75) is 66.2 Å². The summed E-state index contributed by atoms with van der Waals surface area (Å²) >= 11 is 0. The maximum atomic E-state index is 12.5. The lowest BCUT2D eigenvalue weighted by molar-refractivity contribution is -0.0348. The summed E-state index contributed by atoms with van der Waals surface area (Å²) < 4.78 is 13.2. The monoisotopic (exact) mass is 371 g/mol. The third kappa shape index (κ3) is 3.80. The van der Waals surface area contributed by atoms with Crippen LogP contribution in [0, 0.1) is 5.92 Å². The van der Waals surface area contributed by atoms with Crippen LogP contribution in [0.4, 0.5) is 10.7 Å². The Bertz CT molecular complexity index is 876.